The SMILES string of the molecule is CCOc1ncc(Cn2cnc([NH2+]O)n2)nc1-c1cccc(OC(F)F)c1. The molecule has 0 bridgehead atoms. The number of nitrogens with two attached hydrogens (primary N) is 1. The third-order valence-corrected chi connectivity index (χ3v) is 3.40. The number of ether oxygens (including phenoxy) is 2. The molecule has 0 amide bonds. The number of rotatable bonds is 8. The van der Waals surface area contributed by atoms with Crippen LogP contribution < -0.4 is 15.0 Å². The van der Waals surface area contributed by atoms with Gasteiger partial charge in [0.15, 0.2) is 0 Å². The summed E-state index contributed by atoms with van der Waals surface area (Å²) in [6.07, 6.45) is 2.97. The molecule has 0 aliphatic carbocycles. The van der Waals surface area contributed by atoms with E-state index in [4.69, 9.17) is 9.94 Å². The van der Waals surface area contributed by atoms with Crippen molar-refractivity contribution in [1.29, 1.82) is 0 Å². The average Bonchev–Trinajstić information content (AvgIpc) is 3.10. The summed E-state index contributed by atoms with van der Waals surface area (Å²) in [7, 11) is 0. The molecule has 0 unspecified atom stereocenters. The lowest BCUT2D eigenvalue weighted by Gasteiger charge is -2.11. The molecule has 0 saturated heterocycles. The minimum atomic E-state index is -2.92. The first-order valence-electron chi connectivity index (χ1n) is 8.00. The van der Waals surface area contributed by atoms with Gasteiger partial charge in [0.1, 0.15) is 17.8 Å². The highest BCUT2D eigenvalue weighted by Gasteiger charge is 2.14. The minimum Gasteiger partial charge on any atom is -0.476 e. The monoisotopic (exact) mass is 379 g/mol. The van der Waals surface area contributed by atoms with Gasteiger partial charge >= 0.3 is 12.6 Å². The van der Waals surface area contributed by atoms with Crippen LogP contribution in [0.15, 0.2) is 36.8 Å². The fourth-order valence-electron chi connectivity index (χ4n) is 2.35. The number of halogens is 2. The number of quaternary nitrogens is 1. The van der Waals surface area contributed by atoms with Crippen molar-refractivity contribution < 1.29 is 28.9 Å². The number of hydrogen-bond acceptors (Lipinski definition) is 7. The molecule has 3 aromatic rings. The Labute approximate surface area is 152 Å². The molecular formula is C16H17F2N6O3+. The van der Waals surface area contributed by atoms with Gasteiger partial charge in [0.05, 0.1) is 25.0 Å². The van der Waals surface area contributed by atoms with E-state index < -0.39 is 6.61 Å². The minimum absolute atomic E-state index is 0.0107. The van der Waals surface area contributed by atoms with Crippen molar-refractivity contribution in [1.82, 2.24) is 24.7 Å². The zero-order valence-electron chi connectivity index (χ0n) is 14.3. The van der Waals surface area contributed by atoms with Crippen LogP contribution in [0.4, 0.5) is 14.7 Å². The normalized spacial score (nSPS) is 11.0. The summed E-state index contributed by atoms with van der Waals surface area (Å²) in [5.74, 6) is 0.459. The zero-order chi connectivity index (χ0) is 19.2. The molecule has 142 valence electrons. The summed E-state index contributed by atoms with van der Waals surface area (Å²) in [6, 6.07) is 6.15. The molecule has 2 heterocycles. The molecular weight excluding hydrogens is 362 g/mol. The van der Waals surface area contributed by atoms with Gasteiger partial charge < -0.3 is 9.47 Å². The molecule has 0 aliphatic heterocycles. The number of nitrogens with zero attached hydrogens (tertiary/aromatic N) is 5. The molecule has 0 spiro atoms. The van der Waals surface area contributed by atoms with Crippen LogP contribution in [0.25, 0.3) is 11.3 Å². The lowest BCUT2D eigenvalue weighted by atomic mass is 10.1. The van der Waals surface area contributed by atoms with E-state index in [0.29, 0.717) is 23.6 Å². The van der Waals surface area contributed by atoms with Crippen molar-refractivity contribution in [2.24, 2.45) is 0 Å². The van der Waals surface area contributed by atoms with Crippen molar-refractivity contribution in [2.45, 2.75) is 20.1 Å². The second-order valence-electron chi connectivity index (χ2n) is 5.28. The van der Waals surface area contributed by atoms with E-state index in [1.54, 1.807) is 19.1 Å². The van der Waals surface area contributed by atoms with Crippen LogP contribution >= 0.6 is 0 Å². The van der Waals surface area contributed by atoms with Crippen molar-refractivity contribution in [2.75, 3.05) is 6.61 Å². The van der Waals surface area contributed by atoms with Gasteiger partial charge in [-0.05, 0) is 19.1 Å². The summed E-state index contributed by atoms with van der Waals surface area (Å²) in [5, 5.41) is 13.0. The average molecular weight is 379 g/mol. The van der Waals surface area contributed by atoms with E-state index in [0.717, 1.165) is 5.48 Å². The Hall–Kier alpha value is -3.18. The Bertz CT molecular complexity index is 905. The Morgan fingerprint density at radius 1 is 1.30 bits per heavy atom. The molecule has 27 heavy (non-hydrogen) atoms. The Morgan fingerprint density at radius 3 is 2.85 bits per heavy atom. The van der Waals surface area contributed by atoms with Crippen LogP contribution in [-0.4, -0.2) is 43.2 Å². The van der Waals surface area contributed by atoms with Crippen molar-refractivity contribution in [3.8, 4) is 22.9 Å². The summed E-state index contributed by atoms with van der Waals surface area (Å²) in [4.78, 5) is 12.7. The lowest BCUT2D eigenvalue weighted by molar-refractivity contribution is -0.830. The Morgan fingerprint density at radius 2 is 2.15 bits per heavy atom. The Balaban J connectivity index is 1.94. The van der Waals surface area contributed by atoms with Gasteiger partial charge in [0, 0.05) is 5.56 Å². The largest absolute Gasteiger partial charge is 0.476 e. The molecule has 9 nitrogen and oxygen atoms in total. The van der Waals surface area contributed by atoms with E-state index >= 15 is 0 Å². The second kappa shape index (κ2) is 8.47. The maximum Gasteiger partial charge on any atom is 0.387 e. The van der Waals surface area contributed by atoms with E-state index in [2.05, 4.69) is 24.8 Å². The van der Waals surface area contributed by atoms with Gasteiger partial charge in [0.25, 0.3) is 0 Å². The summed E-state index contributed by atoms with van der Waals surface area (Å²) >= 11 is 0. The Kier molecular flexibility index (Phi) is 5.84. The predicted molar refractivity (Wildman–Crippen MR) is 87.8 cm³/mol. The van der Waals surface area contributed by atoms with Gasteiger partial charge in [-0.1, -0.05) is 17.2 Å². The first-order chi connectivity index (χ1) is 13.1. The molecule has 0 atom stereocenters. The van der Waals surface area contributed by atoms with Crippen molar-refractivity contribution in [3.05, 3.63) is 42.5 Å². The number of hydrogen-bond donors (Lipinski definition) is 2. The van der Waals surface area contributed by atoms with Crippen LogP contribution in [-0.2, 0) is 6.54 Å². The summed E-state index contributed by atoms with van der Waals surface area (Å²) < 4.78 is 36.4. The van der Waals surface area contributed by atoms with E-state index in [1.807, 2.05) is 0 Å². The van der Waals surface area contributed by atoms with E-state index in [-0.39, 0.29) is 24.1 Å². The van der Waals surface area contributed by atoms with Gasteiger partial charge in [-0.3, -0.25) is 0 Å². The van der Waals surface area contributed by atoms with Gasteiger partial charge in [-0.25, -0.2) is 19.9 Å². The highest BCUT2D eigenvalue weighted by Crippen LogP contribution is 2.29. The highest BCUT2D eigenvalue weighted by atomic mass is 19.3. The maximum absolute atomic E-state index is 12.5. The maximum atomic E-state index is 12.5. The highest BCUT2D eigenvalue weighted by molar-refractivity contribution is 5.66. The topological polar surface area (TPSA) is 112 Å². The number of benzene rings is 1. The molecule has 1 aromatic carbocycles. The van der Waals surface area contributed by atoms with Crippen molar-refractivity contribution in [3.63, 3.8) is 0 Å². The molecule has 2 aromatic heterocycles. The molecule has 0 aliphatic rings. The van der Waals surface area contributed by atoms with Gasteiger partial charge in [0.2, 0.25) is 5.88 Å². The van der Waals surface area contributed by atoms with Gasteiger partial charge in [-0.15, -0.1) is 5.48 Å². The number of aromatic nitrogens is 5. The van der Waals surface area contributed by atoms with Crippen molar-refractivity contribution >= 4 is 5.95 Å². The van der Waals surface area contributed by atoms with Crippen LogP contribution in [0.1, 0.15) is 12.6 Å². The first kappa shape index (κ1) is 18.6. The van der Waals surface area contributed by atoms with Crippen LogP contribution in [0.3, 0.4) is 0 Å². The molecule has 11 heteroatoms. The fourth-order valence-corrected chi connectivity index (χ4v) is 2.35. The summed E-state index contributed by atoms with van der Waals surface area (Å²) in [5.41, 5.74) is 2.25. The van der Waals surface area contributed by atoms with E-state index in [9.17, 15) is 8.78 Å². The first-order valence-corrected chi connectivity index (χ1v) is 8.00. The third kappa shape index (κ3) is 4.71. The fraction of sp³-hybridized carbons (Fsp3) is 0.250. The predicted octanol–water partition coefficient (Wildman–Crippen LogP) is 1.37. The standard InChI is InChI=1S/C16H16F2N6O3/c1-2-26-14-13(10-4-3-5-12(6-10)27-15(17)18)21-11(7-19-14)8-24-9-20-16(22-24)23-25/h3-7,9,15,25H,2,8H2,1H3,(H,22,23)/p+1. The van der Waals surface area contributed by atoms with Crippen LogP contribution in [0, 0.1) is 0 Å². The molecule has 3 rings (SSSR count). The molecule has 0 saturated carbocycles. The molecule has 0 fully saturated rings. The molecule has 3 N–H and O–H groups in total. The van der Waals surface area contributed by atoms with Crippen LogP contribution in [0.2, 0.25) is 0 Å². The molecule has 0 radical (unpaired) electrons. The number of alkyl halides is 2. The second-order valence-corrected chi connectivity index (χ2v) is 5.28. The van der Waals surface area contributed by atoms with E-state index in [1.165, 1.54) is 29.3 Å². The quantitative estimate of drug-likeness (QED) is 0.569. The smallest absolute Gasteiger partial charge is 0.387 e. The third-order valence-electron chi connectivity index (χ3n) is 3.40. The zero-order valence-corrected chi connectivity index (χ0v) is 14.3. The summed E-state index contributed by atoms with van der Waals surface area (Å²) in [6.45, 7) is -0.500. The van der Waals surface area contributed by atoms with Crippen LogP contribution in [0.5, 0.6) is 11.6 Å². The lowest BCUT2D eigenvalue weighted by Crippen LogP contribution is -2.74. The van der Waals surface area contributed by atoms with Gasteiger partial charge in [-0.2, -0.15) is 13.8 Å².